The van der Waals surface area contributed by atoms with Crippen molar-refractivity contribution in [2.45, 2.75) is 6.42 Å². The first-order chi connectivity index (χ1) is 4.66. The molecule has 0 radical (unpaired) electrons. The molecule has 10 heavy (non-hydrogen) atoms. The molecule has 3 heteroatoms. The van der Waals surface area contributed by atoms with Gasteiger partial charge >= 0.3 is 5.97 Å². The summed E-state index contributed by atoms with van der Waals surface area (Å²) in [7, 11) is 1.39. The van der Waals surface area contributed by atoms with E-state index in [1.54, 1.807) is 0 Å². The van der Waals surface area contributed by atoms with Crippen molar-refractivity contribution in [3.63, 3.8) is 0 Å². The summed E-state index contributed by atoms with van der Waals surface area (Å²) >= 11 is 0. The molecule has 56 valence electrons. The van der Waals surface area contributed by atoms with Crippen LogP contribution in [0, 0.1) is 11.8 Å². The number of esters is 1. The Hall–Kier alpha value is -0.990. The molecule has 0 aliphatic heterocycles. The Labute approximate surface area is 59.8 Å². The van der Waals surface area contributed by atoms with Gasteiger partial charge in [0.05, 0.1) is 13.0 Å². The number of hydrogen-bond acceptors (Lipinski definition) is 3. The maximum Gasteiger partial charge on any atom is 0.309 e. The molecule has 1 aliphatic carbocycles. The number of carbonyl (C=O) groups is 1. The fourth-order valence-corrected chi connectivity index (χ4v) is 1.02. The van der Waals surface area contributed by atoms with Gasteiger partial charge in [0, 0.05) is 11.6 Å². The molecule has 0 amide bonds. The average molecular weight is 141 g/mol. The lowest BCUT2D eigenvalue weighted by atomic mass is 10.3. The van der Waals surface area contributed by atoms with E-state index < -0.39 is 0 Å². The van der Waals surface area contributed by atoms with Gasteiger partial charge < -0.3 is 10.5 Å². The van der Waals surface area contributed by atoms with Crippen LogP contribution in [0.5, 0.6) is 0 Å². The Kier molecular flexibility index (Phi) is 1.66. The van der Waals surface area contributed by atoms with Crippen LogP contribution in [0.25, 0.3) is 0 Å². The van der Waals surface area contributed by atoms with Gasteiger partial charge in [-0.1, -0.05) is 6.58 Å². The SMILES string of the molecule is C=C(N)C1CC1C(=O)OC. The summed E-state index contributed by atoms with van der Waals surface area (Å²) in [5.41, 5.74) is 5.97. The largest absolute Gasteiger partial charge is 0.469 e. The van der Waals surface area contributed by atoms with Gasteiger partial charge in [-0.2, -0.15) is 0 Å². The van der Waals surface area contributed by atoms with Crippen LogP contribution in [-0.2, 0) is 9.53 Å². The molecule has 0 aromatic heterocycles. The zero-order valence-electron chi connectivity index (χ0n) is 5.96. The van der Waals surface area contributed by atoms with E-state index in [-0.39, 0.29) is 17.8 Å². The summed E-state index contributed by atoms with van der Waals surface area (Å²) in [6.07, 6.45) is 0.808. The van der Waals surface area contributed by atoms with Gasteiger partial charge in [0.1, 0.15) is 0 Å². The monoisotopic (exact) mass is 141 g/mol. The smallest absolute Gasteiger partial charge is 0.309 e. The van der Waals surface area contributed by atoms with Crippen LogP contribution in [0.3, 0.4) is 0 Å². The van der Waals surface area contributed by atoms with E-state index in [2.05, 4.69) is 11.3 Å². The zero-order valence-corrected chi connectivity index (χ0v) is 5.96. The summed E-state index contributed by atoms with van der Waals surface area (Å²) < 4.78 is 4.52. The van der Waals surface area contributed by atoms with E-state index in [1.165, 1.54) is 7.11 Å². The van der Waals surface area contributed by atoms with E-state index in [0.29, 0.717) is 5.70 Å². The van der Waals surface area contributed by atoms with Crippen molar-refractivity contribution in [3.05, 3.63) is 12.3 Å². The minimum absolute atomic E-state index is 0.0116. The van der Waals surface area contributed by atoms with Gasteiger partial charge in [-0.05, 0) is 6.42 Å². The predicted molar refractivity (Wildman–Crippen MR) is 36.9 cm³/mol. The summed E-state index contributed by atoms with van der Waals surface area (Å²) in [4.78, 5) is 10.8. The highest BCUT2D eigenvalue weighted by molar-refractivity contribution is 5.76. The number of rotatable bonds is 2. The van der Waals surface area contributed by atoms with Crippen LogP contribution in [0.15, 0.2) is 12.3 Å². The minimum Gasteiger partial charge on any atom is -0.469 e. The third kappa shape index (κ3) is 1.12. The number of nitrogens with two attached hydrogens (primary N) is 1. The molecule has 1 fully saturated rings. The first-order valence-electron chi connectivity index (χ1n) is 3.19. The lowest BCUT2D eigenvalue weighted by Crippen LogP contribution is -2.07. The second-order valence-corrected chi connectivity index (χ2v) is 2.55. The zero-order chi connectivity index (χ0) is 7.72. The first kappa shape index (κ1) is 7.12. The fourth-order valence-electron chi connectivity index (χ4n) is 1.02. The third-order valence-electron chi connectivity index (χ3n) is 1.77. The van der Waals surface area contributed by atoms with Crippen molar-refractivity contribution >= 4 is 5.97 Å². The fraction of sp³-hybridized carbons (Fsp3) is 0.571. The van der Waals surface area contributed by atoms with Gasteiger partial charge in [0.2, 0.25) is 0 Å². The number of methoxy groups -OCH3 is 1. The van der Waals surface area contributed by atoms with Crippen molar-refractivity contribution in [1.82, 2.24) is 0 Å². The van der Waals surface area contributed by atoms with Crippen LogP contribution in [0.2, 0.25) is 0 Å². The van der Waals surface area contributed by atoms with Crippen molar-refractivity contribution in [2.24, 2.45) is 17.6 Å². The van der Waals surface area contributed by atoms with Crippen LogP contribution < -0.4 is 5.73 Å². The van der Waals surface area contributed by atoms with Crippen molar-refractivity contribution in [2.75, 3.05) is 7.11 Å². The van der Waals surface area contributed by atoms with Gasteiger partial charge in [-0.25, -0.2) is 0 Å². The van der Waals surface area contributed by atoms with Crippen molar-refractivity contribution in [3.8, 4) is 0 Å². The molecule has 0 bridgehead atoms. The molecule has 0 aromatic rings. The Morgan fingerprint density at radius 2 is 2.30 bits per heavy atom. The quantitative estimate of drug-likeness (QED) is 0.561. The standard InChI is InChI=1S/C7H11NO2/c1-4(8)5-3-6(5)7(9)10-2/h5-6H,1,3,8H2,2H3. The lowest BCUT2D eigenvalue weighted by molar-refractivity contribution is -0.142. The Balaban J connectivity index is 2.38. The molecule has 2 atom stereocenters. The molecule has 0 heterocycles. The van der Waals surface area contributed by atoms with E-state index in [9.17, 15) is 4.79 Å². The van der Waals surface area contributed by atoms with Crippen molar-refractivity contribution < 1.29 is 9.53 Å². The lowest BCUT2D eigenvalue weighted by Gasteiger charge is -1.95. The summed E-state index contributed by atoms with van der Waals surface area (Å²) in [5.74, 6) is -0.00782. The molecular weight excluding hydrogens is 130 g/mol. The Bertz CT molecular complexity index is 176. The van der Waals surface area contributed by atoms with Crippen LogP contribution in [0.1, 0.15) is 6.42 Å². The number of carbonyl (C=O) groups excluding carboxylic acids is 1. The molecule has 2 unspecified atom stereocenters. The maximum atomic E-state index is 10.8. The number of hydrogen-bond donors (Lipinski definition) is 1. The third-order valence-corrected chi connectivity index (χ3v) is 1.77. The molecule has 0 spiro atoms. The van der Waals surface area contributed by atoms with Gasteiger partial charge in [0.15, 0.2) is 0 Å². The molecular formula is C7H11NO2. The van der Waals surface area contributed by atoms with E-state index in [0.717, 1.165) is 6.42 Å². The highest BCUT2D eigenvalue weighted by Gasteiger charge is 2.44. The number of allylic oxidation sites excluding steroid dienone is 1. The van der Waals surface area contributed by atoms with Crippen molar-refractivity contribution in [1.29, 1.82) is 0 Å². The van der Waals surface area contributed by atoms with Gasteiger partial charge in [0.25, 0.3) is 0 Å². The van der Waals surface area contributed by atoms with Gasteiger partial charge in [-0.15, -0.1) is 0 Å². The van der Waals surface area contributed by atoms with E-state index in [4.69, 9.17) is 5.73 Å². The highest BCUT2D eigenvalue weighted by Crippen LogP contribution is 2.42. The van der Waals surface area contributed by atoms with E-state index >= 15 is 0 Å². The van der Waals surface area contributed by atoms with E-state index in [1.807, 2.05) is 0 Å². The molecule has 3 nitrogen and oxygen atoms in total. The second-order valence-electron chi connectivity index (χ2n) is 2.55. The summed E-state index contributed by atoms with van der Waals surface area (Å²) in [6.45, 7) is 3.55. The molecule has 2 N–H and O–H groups in total. The average Bonchev–Trinajstić information content (AvgIpc) is 2.64. The normalized spacial score (nSPS) is 29.3. The predicted octanol–water partition coefficient (Wildman–Crippen LogP) is 0.268. The van der Waals surface area contributed by atoms with Crippen LogP contribution in [0.4, 0.5) is 0 Å². The maximum absolute atomic E-state index is 10.8. The molecule has 1 aliphatic rings. The summed E-state index contributed by atoms with van der Waals surface area (Å²) in [5, 5.41) is 0. The highest BCUT2D eigenvalue weighted by atomic mass is 16.5. The topological polar surface area (TPSA) is 52.3 Å². The molecule has 1 saturated carbocycles. The second kappa shape index (κ2) is 2.33. The van der Waals surface area contributed by atoms with Crippen LogP contribution in [-0.4, -0.2) is 13.1 Å². The van der Waals surface area contributed by atoms with Crippen LogP contribution >= 0.6 is 0 Å². The molecule has 1 rings (SSSR count). The molecule has 0 aromatic carbocycles. The Morgan fingerprint density at radius 3 is 2.60 bits per heavy atom. The number of ether oxygens (including phenoxy) is 1. The molecule has 0 saturated heterocycles. The van der Waals surface area contributed by atoms with Gasteiger partial charge in [-0.3, -0.25) is 4.79 Å². The summed E-state index contributed by atoms with van der Waals surface area (Å²) in [6, 6.07) is 0. The minimum atomic E-state index is -0.170. The Morgan fingerprint density at radius 1 is 1.70 bits per heavy atom. The first-order valence-corrected chi connectivity index (χ1v) is 3.19.